The lowest BCUT2D eigenvalue weighted by atomic mass is 10.1. The van der Waals surface area contributed by atoms with Crippen LogP contribution in [-0.4, -0.2) is 24.2 Å². The molecule has 1 aliphatic rings. The third kappa shape index (κ3) is 21.3. The van der Waals surface area contributed by atoms with Crippen molar-refractivity contribution >= 4 is 5.97 Å². The van der Waals surface area contributed by atoms with Gasteiger partial charge in [-0.3, -0.25) is 4.79 Å². The highest BCUT2D eigenvalue weighted by Crippen LogP contribution is 2.10. The van der Waals surface area contributed by atoms with E-state index >= 15 is 0 Å². The zero-order valence-corrected chi connectivity index (χ0v) is 11.3. The van der Waals surface area contributed by atoms with Gasteiger partial charge < -0.3 is 10.4 Å². The topological polar surface area (TPSA) is 59.2 Å². The molecule has 0 bridgehead atoms. The quantitative estimate of drug-likeness (QED) is 0.455. The molecule has 1 rings (SSSR count). The van der Waals surface area contributed by atoms with Crippen molar-refractivity contribution in [2.75, 3.05) is 13.1 Å². The maximum absolute atomic E-state index is 10.2. The molecule has 2 N–H and O–H groups in total. The molecule has 0 aliphatic carbocycles. The van der Waals surface area contributed by atoms with Gasteiger partial charge in [0.15, 0.2) is 0 Å². The van der Waals surface area contributed by atoms with E-state index in [1.54, 1.807) is 0 Å². The number of carbonyl (C=O) groups is 1. The van der Waals surface area contributed by atoms with Crippen LogP contribution in [0, 0.1) is 0 Å². The number of aliphatic carboxylic acids is 1. The second-order valence-corrected chi connectivity index (χ2v) is 4.72. The molecule has 0 saturated carbocycles. The summed E-state index contributed by atoms with van der Waals surface area (Å²) >= 11 is 0. The van der Waals surface area contributed by atoms with E-state index in [9.17, 15) is 4.79 Å². The Labute approximate surface area is 106 Å². The Kier molecular flexibility index (Phi) is 13.0. The van der Waals surface area contributed by atoms with E-state index in [2.05, 4.69) is 12.2 Å². The third-order valence-corrected chi connectivity index (χ3v) is 2.74. The van der Waals surface area contributed by atoms with E-state index in [-0.39, 0.29) is 0 Å². The number of nitrogens with one attached hydrogen (secondary N) is 1. The number of unbranched alkanes of at least 4 members (excludes halogenated alkanes) is 8. The minimum atomic E-state index is -0.659. The fourth-order valence-electron chi connectivity index (χ4n) is 1.59. The lowest BCUT2D eigenvalue weighted by Gasteiger charge is -2.00. The Morgan fingerprint density at radius 3 is 1.71 bits per heavy atom. The highest BCUT2D eigenvalue weighted by molar-refractivity contribution is 5.66. The predicted octanol–water partition coefficient (Wildman–Crippen LogP) is 3.58. The molecule has 0 atom stereocenters. The van der Waals surface area contributed by atoms with Crippen LogP contribution >= 0.6 is 0 Å². The summed E-state index contributed by atoms with van der Waals surface area (Å²) in [7, 11) is 0. The number of hydrogen-bond acceptors (Lipinski definition) is 2. The molecule has 0 amide bonds. The molecule has 3 heteroatoms. The van der Waals surface area contributed by atoms with Gasteiger partial charge in [-0.1, -0.05) is 58.3 Å². The molecule has 1 heterocycles. The maximum atomic E-state index is 10.2. The van der Waals surface area contributed by atoms with Gasteiger partial charge in [-0.15, -0.1) is 0 Å². The van der Waals surface area contributed by atoms with Gasteiger partial charge >= 0.3 is 5.97 Å². The minimum Gasteiger partial charge on any atom is -0.481 e. The Morgan fingerprint density at radius 2 is 1.35 bits per heavy atom. The van der Waals surface area contributed by atoms with Gasteiger partial charge in [0.05, 0.1) is 0 Å². The van der Waals surface area contributed by atoms with E-state index in [4.69, 9.17) is 5.11 Å². The van der Waals surface area contributed by atoms with E-state index in [0.29, 0.717) is 6.42 Å². The van der Waals surface area contributed by atoms with Gasteiger partial charge in [0.1, 0.15) is 0 Å². The van der Waals surface area contributed by atoms with E-state index in [1.807, 2.05) is 0 Å². The summed E-state index contributed by atoms with van der Waals surface area (Å²) in [5, 5.41) is 11.4. The first-order chi connectivity index (χ1) is 8.27. The molecule has 1 aliphatic heterocycles. The van der Waals surface area contributed by atoms with Crippen molar-refractivity contribution in [2.45, 2.75) is 71.1 Å². The van der Waals surface area contributed by atoms with Crippen molar-refractivity contribution in [3.05, 3.63) is 0 Å². The minimum absolute atomic E-state index is 0.343. The van der Waals surface area contributed by atoms with Crippen LogP contribution in [0.1, 0.15) is 71.1 Å². The third-order valence-electron chi connectivity index (χ3n) is 2.74. The van der Waals surface area contributed by atoms with E-state index in [0.717, 1.165) is 12.8 Å². The van der Waals surface area contributed by atoms with Gasteiger partial charge in [0.2, 0.25) is 0 Å². The summed E-state index contributed by atoms with van der Waals surface area (Å²) in [5.41, 5.74) is 0. The second-order valence-electron chi connectivity index (χ2n) is 4.72. The van der Waals surface area contributed by atoms with Crippen LogP contribution in [0.2, 0.25) is 0 Å². The molecule has 102 valence electrons. The molecule has 0 unspecified atom stereocenters. The van der Waals surface area contributed by atoms with Crippen LogP contribution in [0.25, 0.3) is 0 Å². The lowest BCUT2D eigenvalue weighted by Crippen LogP contribution is -1.93. The summed E-state index contributed by atoms with van der Waals surface area (Å²) in [5.74, 6) is -0.659. The van der Waals surface area contributed by atoms with Crippen LogP contribution in [-0.2, 0) is 4.79 Å². The highest BCUT2D eigenvalue weighted by Gasteiger charge is 1.96. The molecule has 17 heavy (non-hydrogen) atoms. The van der Waals surface area contributed by atoms with Gasteiger partial charge in [0, 0.05) is 19.5 Å². The first-order valence-electron chi connectivity index (χ1n) is 7.20. The van der Waals surface area contributed by atoms with Gasteiger partial charge in [0.25, 0.3) is 0 Å². The molecule has 0 radical (unpaired) electrons. The van der Waals surface area contributed by atoms with Crippen molar-refractivity contribution in [1.82, 2.24) is 5.32 Å². The van der Waals surface area contributed by atoms with Crippen LogP contribution < -0.4 is 5.32 Å². The Hall–Kier alpha value is -0.570. The maximum Gasteiger partial charge on any atom is 0.303 e. The SMILES string of the molecule is C1CN1.CCCCCCCCCCCC(=O)O. The van der Waals surface area contributed by atoms with Crippen LogP contribution in [0.15, 0.2) is 0 Å². The fourth-order valence-corrected chi connectivity index (χ4v) is 1.59. The number of carboxylic acid groups (broad SMARTS) is 1. The second kappa shape index (κ2) is 13.5. The smallest absolute Gasteiger partial charge is 0.303 e. The predicted molar refractivity (Wildman–Crippen MR) is 72.3 cm³/mol. The molecule has 0 aromatic rings. The number of carboxylic acids is 1. The van der Waals surface area contributed by atoms with Crippen molar-refractivity contribution in [2.24, 2.45) is 0 Å². The standard InChI is InChI=1S/C12H24O2.C2H5N/c1-2-3-4-5-6-7-8-9-10-11-12(13)14;1-2-3-1/h2-11H2,1H3,(H,13,14);3H,1-2H2. The zero-order chi connectivity index (χ0) is 12.8. The number of rotatable bonds is 10. The molecule has 1 saturated heterocycles. The Balaban J connectivity index is 0.000000728. The zero-order valence-electron chi connectivity index (χ0n) is 11.3. The van der Waals surface area contributed by atoms with Crippen molar-refractivity contribution in [3.63, 3.8) is 0 Å². The van der Waals surface area contributed by atoms with Crippen molar-refractivity contribution in [1.29, 1.82) is 0 Å². The Bertz CT molecular complexity index is 167. The first-order valence-corrected chi connectivity index (χ1v) is 7.20. The summed E-state index contributed by atoms with van der Waals surface area (Å²) < 4.78 is 0. The van der Waals surface area contributed by atoms with E-state index < -0.39 is 5.97 Å². The lowest BCUT2D eigenvalue weighted by molar-refractivity contribution is -0.137. The molecule has 0 spiro atoms. The van der Waals surface area contributed by atoms with Crippen LogP contribution in [0.4, 0.5) is 0 Å². The summed E-state index contributed by atoms with van der Waals surface area (Å²) in [6.07, 6.45) is 11.5. The van der Waals surface area contributed by atoms with Crippen molar-refractivity contribution in [3.8, 4) is 0 Å². The summed E-state index contributed by atoms with van der Waals surface area (Å²) in [6, 6.07) is 0. The van der Waals surface area contributed by atoms with Gasteiger partial charge in [-0.2, -0.15) is 0 Å². The van der Waals surface area contributed by atoms with Crippen LogP contribution in [0.5, 0.6) is 0 Å². The Morgan fingerprint density at radius 1 is 0.941 bits per heavy atom. The normalized spacial score (nSPS) is 12.8. The van der Waals surface area contributed by atoms with E-state index in [1.165, 1.54) is 58.0 Å². The highest BCUT2D eigenvalue weighted by atomic mass is 16.4. The molecule has 1 fully saturated rings. The average Bonchev–Trinajstić information content (AvgIpc) is 3.14. The van der Waals surface area contributed by atoms with Crippen LogP contribution in [0.3, 0.4) is 0 Å². The summed E-state index contributed by atoms with van der Waals surface area (Å²) in [6.45, 7) is 4.73. The molecule has 0 aromatic heterocycles. The van der Waals surface area contributed by atoms with Gasteiger partial charge in [-0.25, -0.2) is 0 Å². The average molecular weight is 243 g/mol. The molecule has 0 aromatic carbocycles. The monoisotopic (exact) mass is 243 g/mol. The van der Waals surface area contributed by atoms with Crippen molar-refractivity contribution < 1.29 is 9.90 Å². The fraction of sp³-hybridized carbons (Fsp3) is 0.929. The largest absolute Gasteiger partial charge is 0.481 e. The molecular weight excluding hydrogens is 214 g/mol. The molecule has 3 nitrogen and oxygen atoms in total. The molecular formula is C14H29NO2. The number of hydrogen-bond donors (Lipinski definition) is 2. The first kappa shape index (κ1) is 16.4. The van der Waals surface area contributed by atoms with Gasteiger partial charge in [-0.05, 0) is 6.42 Å². The summed E-state index contributed by atoms with van der Waals surface area (Å²) in [4.78, 5) is 10.2.